The van der Waals surface area contributed by atoms with E-state index >= 15 is 0 Å². The van der Waals surface area contributed by atoms with Gasteiger partial charge in [0.25, 0.3) is 0 Å². The van der Waals surface area contributed by atoms with Crippen LogP contribution in [0.15, 0.2) is 97.1 Å². The van der Waals surface area contributed by atoms with Crippen molar-refractivity contribution in [3.63, 3.8) is 0 Å². The number of aryl methyl sites for hydroxylation is 1. The van der Waals surface area contributed by atoms with Gasteiger partial charge in [-0.05, 0) is 0 Å². The third-order valence-electron chi connectivity index (χ3n) is 9.12. The Morgan fingerprint density at radius 2 is 1.53 bits per heavy atom. The number of fused-ring (bicyclic) bond motifs is 3. The molecule has 0 saturated heterocycles. The van der Waals surface area contributed by atoms with Gasteiger partial charge in [0.15, 0.2) is 0 Å². The van der Waals surface area contributed by atoms with Gasteiger partial charge in [-0.1, -0.05) is 0 Å². The summed E-state index contributed by atoms with van der Waals surface area (Å²) in [6, 6.07) is 28.6. The summed E-state index contributed by atoms with van der Waals surface area (Å²) >= 11 is -0.865. The van der Waals surface area contributed by atoms with Crippen molar-refractivity contribution in [1.82, 2.24) is 0 Å². The summed E-state index contributed by atoms with van der Waals surface area (Å²) in [5.74, 6) is 0. The Bertz CT molecular complexity index is 1720. The van der Waals surface area contributed by atoms with Gasteiger partial charge in [-0.25, -0.2) is 0 Å². The Balaban J connectivity index is 1.68. The fourth-order valence-electron chi connectivity index (χ4n) is 6.79. The number of rotatable bonds is 7. The average molecular weight is 749 g/mol. The van der Waals surface area contributed by atoms with Crippen LogP contribution in [0.4, 0.5) is 0 Å². The normalized spacial score (nSPS) is 15.1. The van der Waals surface area contributed by atoms with Crippen LogP contribution < -0.4 is 3.32 Å². The molecule has 0 amide bonds. The molecule has 0 aliphatic heterocycles. The number of allylic oxidation sites excluding steroid dienone is 4. The number of benzene rings is 3. The zero-order valence-electron chi connectivity index (χ0n) is 27.1. The van der Waals surface area contributed by atoms with Crippen LogP contribution in [0.3, 0.4) is 0 Å². The first-order chi connectivity index (χ1) is 20.6. The number of hydrogen-bond donors (Lipinski definition) is 0. The number of unbranched alkanes of at least 4 members (excludes halogenated alkanes) is 1. The van der Waals surface area contributed by atoms with Gasteiger partial charge in [0.1, 0.15) is 0 Å². The van der Waals surface area contributed by atoms with Crippen LogP contribution in [0.1, 0.15) is 98.9 Å². The molecule has 0 atom stereocenters. The van der Waals surface area contributed by atoms with Crippen LogP contribution in [0.2, 0.25) is 3.67 Å². The second-order valence-electron chi connectivity index (χ2n) is 14.4. The first kappa shape index (κ1) is 30.6. The van der Waals surface area contributed by atoms with Crippen molar-refractivity contribution in [2.75, 3.05) is 0 Å². The molecule has 0 spiro atoms. The van der Waals surface area contributed by atoms with Crippen molar-refractivity contribution in [2.45, 2.75) is 88.7 Å². The molecular formula is C41H46HfS. The molecule has 4 aromatic rings. The Kier molecular flexibility index (Phi) is 8.66. The van der Waals surface area contributed by atoms with Crippen LogP contribution in [0, 0.1) is 0 Å². The van der Waals surface area contributed by atoms with Crippen molar-refractivity contribution in [2.24, 2.45) is 0 Å². The topological polar surface area (TPSA) is 0 Å². The quantitative estimate of drug-likeness (QED) is 0.145. The van der Waals surface area contributed by atoms with E-state index in [4.69, 9.17) is 0 Å². The Hall–Kier alpha value is -2.42. The van der Waals surface area contributed by atoms with E-state index in [9.17, 15) is 0 Å². The predicted molar refractivity (Wildman–Crippen MR) is 186 cm³/mol. The number of thiophene rings is 1. The summed E-state index contributed by atoms with van der Waals surface area (Å²) < 4.78 is 3.96. The van der Waals surface area contributed by atoms with Crippen molar-refractivity contribution in [1.29, 1.82) is 0 Å². The zero-order valence-corrected chi connectivity index (χ0v) is 31.5. The van der Waals surface area contributed by atoms with Crippen molar-refractivity contribution in [3.05, 3.63) is 135 Å². The Morgan fingerprint density at radius 3 is 2.21 bits per heavy atom. The van der Waals surface area contributed by atoms with Gasteiger partial charge >= 0.3 is 273 Å². The van der Waals surface area contributed by atoms with Crippen LogP contribution >= 0.6 is 11.3 Å². The Labute approximate surface area is 271 Å². The van der Waals surface area contributed by atoms with Crippen molar-refractivity contribution >= 4 is 17.9 Å². The molecule has 2 heteroatoms. The monoisotopic (exact) mass is 750 g/mol. The van der Waals surface area contributed by atoms with E-state index in [1.807, 2.05) is 0 Å². The molecule has 1 aromatic heterocycles. The molecule has 0 nitrogen and oxygen atoms in total. The molecule has 6 rings (SSSR count). The van der Waals surface area contributed by atoms with Gasteiger partial charge in [0, 0.05) is 0 Å². The molecule has 0 radical (unpaired) electrons. The summed E-state index contributed by atoms with van der Waals surface area (Å²) in [7, 11) is 0. The first-order valence-electron chi connectivity index (χ1n) is 16.1. The maximum absolute atomic E-state index is 2.93. The molecule has 0 unspecified atom stereocenters. The summed E-state index contributed by atoms with van der Waals surface area (Å²) in [5.41, 5.74) is 10.7. The van der Waals surface area contributed by atoms with Crippen LogP contribution in [-0.4, -0.2) is 3.26 Å². The summed E-state index contributed by atoms with van der Waals surface area (Å²) in [4.78, 5) is 3.04. The van der Waals surface area contributed by atoms with Crippen molar-refractivity contribution in [3.8, 4) is 11.1 Å². The van der Waals surface area contributed by atoms with Crippen LogP contribution in [0.25, 0.3) is 11.1 Å². The predicted octanol–water partition coefficient (Wildman–Crippen LogP) is 10.7. The second-order valence-corrected chi connectivity index (χ2v) is 24.5. The van der Waals surface area contributed by atoms with E-state index in [0.29, 0.717) is 3.67 Å². The molecule has 2 aliphatic carbocycles. The van der Waals surface area contributed by atoms with E-state index in [2.05, 4.69) is 157 Å². The van der Waals surface area contributed by atoms with Gasteiger partial charge in [0.05, 0.1) is 0 Å². The molecule has 220 valence electrons. The molecule has 1 heterocycles. The SMILES string of the molecule is CCCCc1ccc([C](c2ccccc2)=[Hf]([c]2c(C(C)(C)C)ccc3c2Cc2cc(C(C)(C)C)ccc2-3)[CH]2C=CC=C2)s1. The fraction of sp³-hybridized carbons (Fsp3) is 0.341. The molecule has 3 aromatic carbocycles. The average Bonchev–Trinajstić information content (AvgIpc) is 3.74. The van der Waals surface area contributed by atoms with E-state index in [0.717, 1.165) is 6.42 Å². The third kappa shape index (κ3) is 6.12. The van der Waals surface area contributed by atoms with Gasteiger partial charge in [-0.3, -0.25) is 0 Å². The fourth-order valence-corrected chi connectivity index (χ4v) is 22.4. The molecule has 2 aliphatic rings. The molecule has 0 saturated carbocycles. The van der Waals surface area contributed by atoms with E-state index in [1.165, 1.54) is 56.8 Å². The molecular weight excluding hydrogens is 703 g/mol. The summed E-state index contributed by atoms with van der Waals surface area (Å²) in [6.45, 7) is 16.6. The van der Waals surface area contributed by atoms with Gasteiger partial charge < -0.3 is 0 Å². The number of hydrogen-bond acceptors (Lipinski definition) is 1. The van der Waals surface area contributed by atoms with Crippen LogP contribution in [0.5, 0.6) is 0 Å². The second kappa shape index (κ2) is 12.2. The van der Waals surface area contributed by atoms with E-state index < -0.39 is 21.0 Å². The zero-order chi connectivity index (χ0) is 30.4. The van der Waals surface area contributed by atoms with E-state index in [1.54, 1.807) is 17.7 Å². The summed E-state index contributed by atoms with van der Waals surface area (Å²) in [5, 5.41) is 0. The molecule has 0 N–H and O–H groups in total. The maximum atomic E-state index is 2.53. The van der Waals surface area contributed by atoms with E-state index in [-0.39, 0.29) is 10.8 Å². The summed E-state index contributed by atoms with van der Waals surface area (Å²) in [6.07, 6.45) is 14.4. The van der Waals surface area contributed by atoms with Gasteiger partial charge in [-0.15, -0.1) is 0 Å². The standard InChI is InChI=1S/C21H25.C15H16S.C5H5.Hf/c1-20(2,3)16-7-9-18-14(12-16)11-15-13-17(21(4,5)6)8-10-19(15)18;1-2-3-9-14-10-11-15(16-14)12-13-7-5-4-6-8-13;1-2-4-5-3-1;/h7-10,12H,11H2,1-6H3;4-8,10-11H,2-3,9H2,1H3;1-5H;. The molecule has 0 fully saturated rings. The first-order valence-corrected chi connectivity index (χ1v) is 22.6. The molecule has 0 bridgehead atoms. The third-order valence-corrected chi connectivity index (χ3v) is 22.6. The van der Waals surface area contributed by atoms with Crippen LogP contribution in [-0.2, 0) is 44.6 Å². The van der Waals surface area contributed by atoms with Gasteiger partial charge in [-0.2, -0.15) is 0 Å². The minimum absolute atomic E-state index is 0.0706. The molecule has 43 heavy (non-hydrogen) atoms. The van der Waals surface area contributed by atoms with Gasteiger partial charge in [0.2, 0.25) is 0 Å². The Morgan fingerprint density at radius 1 is 0.814 bits per heavy atom. The minimum atomic E-state index is -2.93. The van der Waals surface area contributed by atoms with Crippen molar-refractivity contribution < 1.29 is 21.0 Å².